The lowest BCUT2D eigenvalue weighted by Crippen LogP contribution is -2.09. The van der Waals surface area contributed by atoms with Crippen molar-refractivity contribution in [1.82, 2.24) is 4.98 Å². The second-order valence-corrected chi connectivity index (χ2v) is 12.4. The van der Waals surface area contributed by atoms with E-state index in [9.17, 15) is 0 Å². The smallest absolute Gasteiger partial charge is 0.227 e. The average molecular weight is 629 g/mol. The molecule has 0 spiro atoms. The molecule has 4 nitrogen and oxygen atoms in total. The van der Waals surface area contributed by atoms with Crippen molar-refractivity contribution in [2.24, 2.45) is 0 Å². The first-order chi connectivity index (χ1) is 24.3. The Kier molecular flexibility index (Phi) is 6.15. The number of fused-ring (bicyclic) bond motifs is 8. The number of hydrogen-bond acceptors (Lipinski definition) is 4. The molecule has 8 aromatic carbocycles. The first-order valence-electron chi connectivity index (χ1n) is 16.5. The predicted molar refractivity (Wildman–Crippen MR) is 202 cm³/mol. The van der Waals surface area contributed by atoms with E-state index in [-0.39, 0.29) is 0 Å². The highest BCUT2D eigenvalue weighted by Crippen LogP contribution is 2.40. The standard InChI is InChI=1S/C45H28N2O2/c1-3-9-32(10-4-1)45-46-40-25-21-31-17-15-30-16-18-33(27-38(30)43(31)44(40)49-45)29-19-22-35(23-20-29)47(34-11-5-2-6-12-34)36-24-26-42-39(28-36)37-13-7-8-14-41(37)48-42/h1-28H. The van der Waals surface area contributed by atoms with Crippen molar-refractivity contribution in [3.63, 3.8) is 0 Å². The van der Waals surface area contributed by atoms with Gasteiger partial charge in [0.25, 0.3) is 0 Å². The third-order valence-electron chi connectivity index (χ3n) is 9.47. The van der Waals surface area contributed by atoms with Crippen LogP contribution in [0.15, 0.2) is 179 Å². The molecule has 10 aromatic rings. The molecule has 0 fully saturated rings. The molecule has 0 saturated heterocycles. The molecule has 10 rings (SSSR count). The van der Waals surface area contributed by atoms with Gasteiger partial charge in [0.2, 0.25) is 5.89 Å². The summed E-state index contributed by atoms with van der Waals surface area (Å²) in [7, 11) is 0. The van der Waals surface area contributed by atoms with Crippen molar-refractivity contribution in [2.45, 2.75) is 0 Å². The lowest BCUT2D eigenvalue weighted by molar-refractivity contribution is 0.623. The zero-order valence-corrected chi connectivity index (χ0v) is 26.4. The van der Waals surface area contributed by atoms with Crippen molar-refractivity contribution >= 4 is 71.6 Å². The van der Waals surface area contributed by atoms with Gasteiger partial charge in [-0.05, 0) is 100 Å². The first kappa shape index (κ1) is 27.5. The quantitative estimate of drug-likeness (QED) is 0.178. The van der Waals surface area contributed by atoms with Gasteiger partial charge in [-0.25, -0.2) is 4.98 Å². The number of hydrogen-bond donors (Lipinski definition) is 0. The minimum absolute atomic E-state index is 0.634. The van der Waals surface area contributed by atoms with Gasteiger partial charge in [-0.1, -0.05) is 97.1 Å². The van der Waals surface area contributed by atoms with Gasteiger partial charge in [0, 0.05) is 38.8 Å². The molecule has 0 aliphatic rings. The fraction of sp³-hybridized carbons (Fsp3) is 0. The number of oxazole rings is 1. The highest BCUT2D eigenvalue weighted by Gasteiger charge is 2.17. The van der Waals surface area contributed by atoms with E-state index in [1.54, 1.807) is 0 Å². The molecule has 0 atom stereocenters. The van der Waals surface area contributed by atoms with Gasteiger partial charge in [-0.15, -0.1) is 0 Å². The Balaban J connectivity index is 1.08. The van der Waals surface area contributed by atoms with Crippen LogP contribution in [0.1, 0.15) is 0 Å². The van der Waals surface area contributed by atoms with E-state index in [0.29, 0.717) is 5.89 Å². The maximum absolute atomic E-state index is 6.47. The Morgan fingerprint density at radius 2 is 1.06 bits per heavy atom. The molecule has 2 aromatic heterocycles. The van der Waals surface area contributed by atoms with Crippen LogP contribution in [0.2, 0.25) is 0 Å². The lowest BCUT2D eigenvalue weighted by atomic mass is 9.96. The maximum atomic E-state index is 6.47. The highest BCUT2D eigenvalue weighted by atomic mass is 16.3. The van der Waals surface area contributed by atoms with Crippen LogP contribution in [0.3, 0.4) is 0 Å². The van der Waals surface area contributed by atoms with Crippen molar-refractivity contribution in [2.75, 3.05) is 4.90 Å². The zero-order chi connectivity index (χ0) is 32.3. The number of benzene rings is 8. The Morgan fingerprint density at radius 3 is 1.92 bits per heavy atom. The summed E-state index contributed by atoms with van der Waals surface area (Å²) in [5.74, 6) is 0.634. The predicted octanol–water partition coefficient (Wildman–Crippen LogP) is 12.8. The van der Waals surface area contributed by atoms with E-state index in [0.717, 1.165) is 88.3 Å². The Hall–Kier alpha value is -6.65. The van der Waals surface area contributed by atoms with E-state index in [4.69, 9.17) is 13.8 Å². The SMILES string of the molecule is c1ccc(-c2nc3ccc4ccc5ccc(-c6ccc(N(c7ccccc7)c7ccc8oc9ccccc9c8c7)cc6)cc5c4c3o2)cc1. The molecular formula is C45H28N2O2. The molecule has 2 heterocycles. The van der Waals surface area contributed by atoms with Gasteiger partial charge in [0.05, 0.1) is 0 Å². The summed E-state index contributed by atoms with van der Waals surface area (Å²) in [5, 5.41) is 6.74. The molecule has 49 heavy (non-hydrogen) atoms. The van der Waals surface area contributed by atoms with Crippen LogP contribution in [-0.2, 0) is 0 Å². The van der Waals surface area contributed by atoms with Crippen LogP contribution in [0.25, 0.3) is 77.2 Å². The number of anilines is 3. The van der Waals surface area contributed by atoms with Crippen molar-refractivity contribution in [3.05, 3.63) is 170 Å². The van der Waals surface area contributed by atoms with E-state index in [2.05, 4.69) is 126 Å². The van der Waals surface area contributed by atoms with Crippen LogP contribution < -0.4 is 4.90 Å². The van der Waals surface area contributed by atoms with Gasteiger partial charge in [-0.3, -0.25) is 0 Å². The van der Waals surface area contributed by atoms with Gasteiger partial charge >= 0.3 is 0 Å². The summed E-state index contributed by atoms with van der Waals surface area (Å²) in [5.41, 5.74) is 9.94. The number of furan rings is 1. The Labute approximate surface area is 282 Å². The molecule has 0 saturated carbocycles. The van der Waals surface area contributed by atoms with E-state index in [1.807, 2.05) is 48.5 Å². The monoisotopic (exact) mass is 628 g/mol. The van der Waals surface area contributed by atoms with Gasteiger partial charge in [-0.2, -0.15) is 0 Å². The van der Waals surface area contributed by atoms with Crippen LogP contribution in [0, 0.1) is 0 Å². The molecule has 4 heteroatoms. The molecule has 0 amide bonds. The molecule has 0 bridgehead atoms. The summed E-state index contributed by atoms with van der Waals surface area (Å²) in [4.78, 5) is 7.14. The number of nitrogens with zero attached hydrogens (tertiary/aromatic N) is 2. The van der Waals surface area contributed by atoms with Crippen LogP contribution in [0.5, 0.6) is 0 Å². The largest absolute Gasteiger partial charge is 0.456 e. The topological polar surface area (TPSA) is 42.4 Å². The molecular weight excluding hydrogens is 601 g/mol. The third-order valence-corrected chi connectivity index (χ3v) is 9.47. The fourth-order valence-corrected chi connectivity index (χ4v) is 7.09. The first-order valence-corrected chi connectivity index (χ1v) is 16.5. The summed E-state index contributed by atoms with van der Waals surface area (Å²) in [6.45, 7) is 0. The Morgan fingerprint density at radius 1 is 0.408 bits per heavy atom. The number of aromatic nitrogens is 1. The van der Waals surface area contributed by atoms with Crippen molar-refractivity contribution in [3.8, 4) is 22.6 Å². The molecule has 0 N–H and O–H groups in total. The van der Waals surface area contributed by atoms with Crippen LogP contribution in [-0.4, -0.2) is 4.98 Å². The lowest BCUT2D eigenvalue weighted by Gasteiger charge is -2.25. The van der Waals surface area contributed by atoms with Crippen molar-refractivity contribution in [1.29, 1.82) is 0 Å². The van der Waals surface area contributed by atoms with Crippen LogP contribution >= 0.6 is 0 Å². The minimum atomic E-state index is 0.634. The average Bonchev–Trinajstić information content (AvgIpc) is 3.78. The summed E-state index contributed by atoms with van der Waals surface area (Å²) in [6.07, 6.45) is 0. The third kappa shape index (κ3) is 4.57. The second-order valence-electron chi connectivity index (χ2n) is 12.4. The van der Waals surface area contributed by atoms with E-state index in [1.165, 1.54) is 0 Å². The van der Waals surface area contributed by atoms with Gasteiger partial charge < -0.3 is 13.7 Å². The zero-order valence-electron chi connectivity index (χ0n) is 26.4. The van der Waals surface area contributed by atoms with E-state index < -0.39 is 0 Å². The minimum Gasteiger partial charge on any atom is -0.456 e. The highest BCUT2D eigenvalue weighted by molar-refractivity contribution is 6.18. The van der Waals surface area contributed by atoms with Gasteiger partial charge in [0.15, 0.2) is 5.58 Å². The summed E-state index contributed by atoms with van der Waals surface area (Å²) < 4.78 is 12.6. The molecule has 230 valence electrons. The van der Waals surface area contributed by atoms with Crippen LogP contribution in [0.4, 0.5) is 17.1 Å². The normalized spacial score (nSPS) is 11.7. The molecule has 0 aliphatic carbocycles. The summed E-state index contributed by atoms with van der Waals surface area (Å²) in [6, 6.07) is 59.3. The van der Waals surface area contributed by atoms with Gasteiger partial charge in [0.1, 0.15) is 16.7 Å². The molecule has 0 radical (unpaired) electrons. The number of rotatable bonds is 5. The second kappa shape index (κ2) is 11.0. The number of para-hydroxylation sites is 2. The van der Waals surface area contributed by atoms with Crippen molar-refractivity contribution < 1.29 is 8.83 Å². The fourth-order valence-electron chi connectivity index (χ4n) is 7.09. The Bertz CT molecular complexity index is 2820. The molecule has 0 unspecified atom stereocenters. The maximum Gasteiger partial charge on any atom is 0.227 e. The van der Waals surface area contributed by atoms with E-state index >= 15 is 0 Å². The summed E-state index contributed by atoms with van der Waals surface area (Å²) >= 11 is 0. The molecule has 0 aliphatic heterocycles.